The number of amides is 2. The summed E-state index contributed by atoms with van der Waals surface area (Å²) in [4.78, 5) is 24.7. The van der Waals surface area contributed by atoms with Crippen LogP contribution < -0.4 is 5.32 Å². The minimum Gasteiger partial charge on any atom is -0.480 e. The van der Waals surface area contributed by atoms with Crippen LogP contribution in [0.15, 0.2) is 0 Å². The summed E-state index contributed by atoms with van der Waals surface area (Å²) in [6, 6.07) is -0.792. The van der Waals surface area contributed by atoms with E-state index in [0.29, 0.717) is 6.42 Å². The van der Waals surface area contributed by atoms with E-state index in [0.717, 1.165) is 32.2 Å². The SMILES string of the molecule is CCC[C@@H](NC(=O)N1CCCCC1C)C(=O)O. The molecule has 1 saturated heterocycles. The molecule has 1 heterocycles. The predicted octanol–water partition coefficient (Wildman–Crippen LogP) is 1.82. The molecule has 0 aromatic carbocycles. The van der Waals surface area contributed by atoms with Crippen LogP contribution in [0.25, 0.3) is 0 Å². The Balaban J connectivity index is 2.53. The van der Waals surface area contributed by atoms with E-state index in [4.69, 9.17) is 5.11 Å². The second-order valence-electron chi connectivity index (χ2n) is 4.67. The monoisotopic (exact) mass is 242 g/mol. The van der Waals surface area contributed by atoms with Crippen molar-refractivity contribution in [1.29, 1.82) is 0 Å². The van der Waals surface area contributed by atoms with E-state index < -0.39 is 12.0 Å². The first-order valence-electron chi connectivity index (χ1n) is 6.36. The second kappa shape index (κ2) is 6.47. The van der Waals surface area contributed by atoms with Crippen molar-refractivity contribution >= 4 is 12.0 Å². The number of hydrogen-bond acceptors (Lipinski definition) is 2. The van der Waals surface area contributed by atoms with Gasteiger partial charge in [-0.15, -0.1) is 0 Å². The van der Waals surface area contributed by atoms with E-state index in [1.165, 1.54) is 0 Å². The van der Waals surface area contributed by atoms with Gasteiger partial charge in [0, 0.05) is 12.6 Å². The topological polar surface area (TPSA) is 69.6 Å². The highest BCUT2D eigenvalue weighted by atomic mass is 16.4. The number of carbonyl (C=O) groups excluding carboxylic acids is 1. The number of carbonyl (C=O) groups is 2. The summed E-state index contributed by atoms with van der Waals surface area (Å²) in [7, 11) is 0. The standard InChI is InChI=1S/C12H22N2O3/c1-3-6-10(11(15)16)13-12(17)14-8-5-4-7-9(14)2/h9-10H,3-8H2,1-2H3,(H,13,17)(H,15,16)/t9?,10-/m1/s1. The number of nitrogens with one attached hydrogen (secondary N) is 1. The molecule has 0 radical (unpaired) electrons. The van der Waals surface area contributed by atoms with E-state index in [2.05, 4.69) is 5.32 Å². The second-order valence-corrected chi connectivity index (χ2v) is 4.67. The van der Waals surface area contributed by atoms with Gasteiger partial charge < -0.3 is 15.3 Å². The van der Waals surface area contributed by atoms with Gasteiger partial charge in [0.1, 0.15) is 6.04 Å². The minimum atomic E-state index is -0.954. The van der Waals surface area contributed by atoms with E-state index in [1.54, 1.807) is 4.90 Å². The van der Waals surface area contributed by atoms with Crippen LogP contribution in [0.2, 0.25) is 0 Å². The van der Waals surface area contributed by atoms with Crippen molar-refractivity contribution in [3.63, 3.8) is 0 Å². The number of carboxylic acid groups (broad SMARTS) is 1. The maximum atomic E-state index is 11.9. The van der Waals surface area contributed by atoms with Gasteiger partial charge in [-0.2, -0.15) is 0 Å². The molecule has 0 aromatic rings. The highest BCUT2D eigenvalue weighted by Crippen LogP contribution is 2.16. The lowest BCUT2D eigenvalue weighted by molar-refractivity contribution is -0.139. The fraction of sp³-hybridized carbons (Fsp3) is 0.833. The smallest absolute Gasteiger partial charge is 0.326 e. The predicted molar refractivity (Wildman–Crippen MR) is 64.9 cm³/mol. The Morgan fingerprint density at radius 3 is 2.71 bits per heavy atom. The molecule has 1 aliphatic heterocycles. The first-order chi connectivity index (χ1) is 8.06. The molecule has 0 aliphatic carbocycles. The number of aliphatic carboxylic acids is 1. The molecular weight excluding hydrogens is 220 g/mol. The fourth-order valence-electron chi connectivity index (χ4n) is 2.18. The Kier molecular flexibility index (Phi) is 5.25. The van der Waals surface area contributed by atoms with Gasteiger partial charge in [-0.3, -0.25) is 0 Å². The lowest BCUT2D eigenvalue weighted by Gasteiger charge is -2.34. The average molecular weight is 242 g/mol. The lowest BCUT2D eigenvalue weighted by Crippen LogP contribution is -2.52. The van der Waals surface area contributed by atoms with Gasteiger partial charge in [-0.25, -0.2) is 9.59 Å². The van der Waals surface area contributed by atoms with Crippen molar-refractivity contribution < 1.29 is 14.7 Å². The normalized spacial score (nSPS) is 22.0. The van der Waals surface area contributed by atoms with Crippen LogP contribution in [-0.4, -0.2) is 40.6 Å². The maximum Gasteiger partial charge on any atom is 0.326 e. The Bertz CT molecular complexity index is 281. The highest BCUT2D eigenvalue weighted by molar-refractivity contribution is 5.82. The number of nitrogens with zero attached hydrogens (tertiary/aromatic N) is 1. The molecule has 2 atom stereocenters. The first-order valence-corrected chi connectivity index (χ1v) is 6.36. The molecule has 1 unspecified atom stereocenters. The van der Waals surface area contributed by atoms with Gasteiger partial charge in [-0.1, -0.05) is 13.3 Å². The van der Waals surface area contributed by atoms with Crippen molar-refractivity contribution in [2.45, 2.75) is 58.0 Å². The van der Waals surface area contributed by atoms with Crippen molar-refractivity contribution in [2.24, 2.45) is 0 Å². The Morgan fingerprint density at radius 2 is 2.18 bits per heavy atom. The molecule has 1 rings (SSSR count). The number of urea groups is 1. The average Bonchev–Trinajstić information content (AvgIpc) is 2.28. The number of piperidine rings is 1. The zero-order valence-electron chi connectivity index (χ0n) is 10.6. The Hall–Kier alpha value is -1.26. The molecule has 17 heavy (non-hydrogen) atoms. The summed E-state index contributed by atoms with van der Waals surface area (Å²) in [6.07, 6.45) is 4.36. The van der Waals surface area contributed by atoms with Crippen LogP contribution in [0.1, 0.15) is 46.0 Å². The van der Waals surface area contributed by atoms with Crippen molar-refractivity contribution in [1.82, 2.24) is 10.2 Å². The lowest BCUT2D eigenvalue weighted by atomic mass is 10.0. The minimum absolute atomic E-state index is 0.208. The molecule has 98 valence electrons. The van der Waals surface area contributed by atoms with Crippen LogP contribution >= 0.6 is 0 Å². The van der Waals surface area contributed by atoms with E-state index in [9.17, 15) is 9.59 Å². The quantitative estimate of drug-likeness (QED) is 0.790. The summed E-state index contributed by atoms with van der Waals surface area (Å²) >= 11 is 0. The number of likely N-dealkylation sites (tertiary alicyclic amines) is 1. The zero-order chi connectivity index (χ0) is 12.8. The van der Waals surface area contributed by atoms with E-state index >= 15 is 0 Å². The molecule has 1 fully saturated rings. The van der Waals surface area contributed by atoms with Crippen LogP contribution in [-0.2, 0) is 4.79 Å². The van der Waals surface area contributed by atoms with Crippen LogP contribution in [0.3, 0.4) is 0 Å². The summed E-state index contributed by atoms with van der Waals surface area (Å²) in [6.45, 7) is 4.64. The molecule has 2 amide bonds. The van der Waals surface area contributed by atoms with Gasteiger partial charge in [0.05, 0.1) is 0 Å². The highest BCUT2D eigenvalue weighted by Gasteiger charge is 2.26. The van der Waals surface area contributed by atoms with Gasteiger partial charge in [-0.05, 0) is 32.6 Å². The van der Waals surface area contributed by atoms with Crippen LogP contribution in [0.4, 0.5) is 4.79 Å². The molecular formula is C12H22N2O3. The summed E-state index contributed by atoms with van der Waals surface area (Å²) in [5.74, 6) is -0.954. The molecule has 0 spiro atoms. The third kappa shape index (κ3) is 3.91. The van der Waals surface area contributed by atoms with E-state index in [-0.39, 0.29) is 12.1 Å². The van der Waals surface area contributed by atoms with Crippen molar-refractivity contribution in [3.05, 3.63) is 0 Å². The third-order valence-corrected chi connectivity index (χ3v) is 3.24. The Labute approximate surface area is 102 Å². The van der Waals surface area contributed by atoms with Gasteiger partial charge in [0.15, 0.2) is 0 Å². The number of hydrogen-bond donors (Lipinski definition) is 2. The molecule has 1 aliphatic rings. The number of rotatable bonds is 4. The Morgan fingerprint density at radius 1 is 1.47 bits per heavy atom. The number of carboxylic acids is 1. The van der Waals surface area contributed by atoms with Crippen LogP contribution in [0.5, 0.6) is 0 Å². The molecule has 0 saturated carbocycles. The largest absolute Gasteiger partial charge is 0.480 e. The van der Waals surface area contributed by atoms with Crippen molar-refractivity contribution in [2.75, 3.05) is 6.54 Å². The van der Waals surface area contributed by atoms with Crippen LogP contribution in [0, 0.1) is 0 Å². The zero-order valence-corrected chi connectivity index (χ0v) is 10.6. The molecule has 5 heteroatoms. The van der Waals surface area contributed by atoms with Gasteiger partial charge in [0.25, 0.3) is 0 Å². The summed E-state index contributed by atoms with van der Waals surface area (Å²) in [5, 5.41) is 11.6. The molecule has 0 aromatic heterocycles. The summed E-state index contributed by atoms with van der Waals surface area (Å²) < 4.78 is 0. The summed E-state index contributed by atoms with van der Waals surface area (Å²) in [5.41, 5.74) is 0. The molecule has 5 nitrogen and oxygen atoms in total. The molecule has 2 N–H and O–H groups in total. The third-order valence-electron chi connectivity index (χ3n) is 3.24. The van der Waals surface area contributed by atoms with Crippen molar-refractivity contribution in [3.8, 4) is 0 Å². The first kappa shape index (κ1) is 13.8. The maximum absolute atomic E-state index is 11.9. The van der Waals surface area contributed by atoms with Gasteiger partial charge >= 0.3 is 12.0 Å². The van der Waals surface area contributed by atoms with E-state index in [1.807, 2.05) is 13.8 Å². The molecule has 0 bridgehead atoms. The van der Waals surface area contributed by atoms with Gasteiger partial charge in [0.2, 0.25) is 0 Å². The fourth-order valence-corrected chi connectivity index (χ4v) is 2.18.